The number of hydrogen-bond donors (Lipinski definition) is 1. The number of aryl methyl sites for hydroxylation is 1. The zero-order valence-electron chi connectivity index (χ0n) is 11.4. The third-order valence-corrected chi connectivity index (χ3v) is 3.67. The molecule has 0 heterocycles. The van der Waals surface area contributed by atoms with Crippen LogP contribution >= 0.6 is 0 Å². The Balaban J connectivity index is 2.53. The summed E-state index contributed by atoms with van der Waals surface area (Å²) in [6.07, 6.45) is 1.28. The largest absolute Gasteiger partial charge is 0.465 e. The molecule has 0 saturated carbocycles. The summed E-state index contributed by atoms with van der Waals surface area (Å²) in [5.74, 6) is -1.16. The van der Waals surface area contributed by atoms with Crippen molar-refractivity contribution in [1.29, 1.82) is 0 Å². The standard InChI is InChI=1S/C15H18O4/c1-15(2,18)11-8-7-9-5-4-6-10(14(17)19-3)12(9)13(11)16/h4-6,11,18H,7-8H2,1-3H3. The van der Waals surface area contributed by atoms with E-state index in [0.29, 0.717) is 24.0 Å². The first-order chi connectivity index (χ1) is 8.86. The highest BCUT2D eigenvalue weighted by Crippen LogP contribution is 2.34. The molecule has 0 fully saturated rings. The van der Waals surface area contributed by atoms with Gasteiger partial charge in [0.15, 0.2) is 5.78 Å². The Hall–Kier alpha value is -1.68. The minimum absolute atomic E-state index is 0.172. The number of ketones is 1. The molecule has 4 nitrogen and oxygen atoms in total. The summed E-state index contributed by atoms with van der Waals surface area (Å²) in [7, 11) is 1.29. The van der Waals surface area contributed by atoms with Crippen LogP contribution in [0.3, 0.4) is 0 Å². The monoisotopic (exact) mass is 262 g/mol. The number of benzene rings is 1. The minimum Gasteiger partial charge on any atom is -0.465 e. The van der Waals surface area contributed by atoms with E-state index in [4.69, 9.17) is 4.74 Å². The summed E-state index contributed by atoms with van der Waals surface area (Å²) in [4.78, 5) is 24.3. The molecule has 1 atom stereocenters. The Bertz CT molecular complexity index is 525. The number of fused-ring (bicyclic) bond motifs is 1. The number of carbonyl (C=O) groups is 2. The first-order valence-electron chi connectivity index (χ1n) is 6.33. The van der Waals surface area contributed by atoms with Crippen LogP contribution in [-0.2, 0) is 11.2 Å². The molecule has 0 aliphatic heterocycles. The normalized spacial score (nSPS) is 18.9. The molecule has 1 unspecified atom stereocenters. The zero-order valence-corrected chi connectivity index (χ0v) is 11.4. The summed E-state index contributed by atoms with van der Waals surface area (Å²) >= 11 is 0. The van der Waals surface area contributed by atoms with E-state index < -0.39 is 17.5 Å². The molecule has 2 rings (SSSR count). The topological polar surface area (TPSA) is 63.6 Å². The number of rotatable bonds is 2. The van der Waals surface area contributed by atoms with Crippen LogP contribution in [0, 0.1) is 5.92 Å². The highest BCUT2D eigenvalue weighted by atomic mass is 16.5. The third kappa shape index (κ3) is 2.40. The molecule has 102 valence electrons. The highest BCUT2D eigenvalue weighted by molar-refractivity contribution is 6.09. The fourth-order valence-electron chi connectivity index (χ4n) is 2.66. The van der Waals surface area contributed by atoms with E-state index in [9.17, 15) is 14.7 Å². The number of methoxy groups -OCH3 is 1. The van der Waals surface area contributed by atoms with E-state index in [-0.39, 0.29) is 5.78 Å². The zero-order chi connectivity index (χ0) is 14.2. The Kier molecular flexibility index (Phi) is 3.45. The number of hydrogen-bond acceptors (Lipinski definition) is 4. The van der Waals surface area contributed by atoms with Gasteiger partial charge in [0.2, 0.25) is 0 Å². The Labute approximate surface area is 112 Å². The molecule has 1 N–H and O–H groups in total. The number of esters is 1. The molecule has 0 spiro atoms. The van der Waals surface area contributed by atoms with Gasteiger partial charge in [-0.15, -0.1) is 0 Å². The van der Waals surface area contributed by atoms with E-state index in [1.807, 2.05) is 6.07 Å². The predicted molar refractivity (Wildman–Crippen MR) is 70.2 cm³/mol. The summed E-state index contributed by atoms with van der Waals surface area (Å²) in [5.41, 5.74) is 0.470. The van der Waals surface area contributed by atoms with Crippen molar-refractivity contribution < 1.29 is 19.4 Å². The number of Topliss-reactive ketones (excluding diaryl/α,β-unsaturated/α-hetero) is 1. The minimum atomic E-state index is -1.09. The van der Waals surface area contributed by atoms with Crippen LogP contribution in [0.25, 0.3) is 0 Å². The summed E-state index contributed by atoms with van der Waals surface area (Å²) in [6, 6.07) is 5.19. The van der Waals surface area contributed by atoms with Gasteiger partial charge in [-0.3, -0.25) is 4.79 Å². The molecular formula is C15H18O4. The van der Waals surface area contributed by atoms with Crippen LogP contribution in [0.2, 0.25) is 0 Å². The lowest BCUT2D eigenvalue weighted by Gasteiger charge is -2.32. The Morgan fingerprint density at radius 2 is 2.11 bits per heavy atom. The van der Waals surface area contributed by atoms with Crippen LogP contribution in [0.1, 0.15) is 46.5 Å². The van der Waals surface area contributed by atoms with Gasteiger partial charge in [0.1, 0.15) is 0 Å². The Morgan fingerprint density at radius 3 is 2.68 bits per heavy atom. The lowest BCUT2D eigenvalue weighted by atomic mass is 9.74. The molecule has 1 aliphatic rings. The van der Waals surface area contributed by atoms with Gasteiger partial charge < -0.3 is 9.84 Å². The molecule has 1 aromatic rings. The lowest BCUT2D eigenvalue weighted by molar-refractivity contribution is 0.0145. The van der Waals surface area contributed by atoms with Crippen LogP contribution in [-0.4, -0.2) is 29.6 Å². The van der Waals surface area contributed by atoms with Gasteiger partial charge >= 0.3 is 5.97 Å². The predicted octanol–water partition coefficient (Wildman–Crippen LogP) is 1.99. The van der Waals surface area contributed by atoms with E-state index in [0.717, 1.165) is 5.56 Å². The van der Waals surface area contributed by atoms with Crippen LogP contribution < -0.4 is 0 Å². The molecule has 4 heteroatoms. The molecule has 0 saturated heterocycles. The molecular weight excluding hydrogens is 244 g/mol. The molecule has 1 aliphatic carbocycles. The SMILES string of the molecule is COC(=O)c1cccc2c1C(=O)C(C(C)(C)O)CC2. The van der Waals surface area contributed by atoms with E-state index in [1.54, 1.807) is 26.0 Å². The molecule has 1 aromatic carbocycles. The van der Waals surface area contributed by atoms with Crippen molar-refractivity contribution in [2.75, 3.05) is 7.11 Å². The summed E-state index contributed by atoms with van der Waals surface area (Å²) in [6.45, 7) is 3.25. The molecule has 0 bridgehead atoms. The maximum Gasteiger partial charge on any atom is 0.338 e. The van der Waals surface area contributed by atoms with Gasteiger partial charge in [0.25, 0.3) is 0 Å². The maximum absolute atomic E-state index is 12.5. The second-order valence-electron chi connectivity index (χ2n) is 5.44. The van der Waals surface area contributed by atoms with Gasteiger partial charge in [-0.05, 0) is 38.3 Å². The van der Waals surface area contributed by atoms with Crippen molar-refractivity contribution in [2.45, 2.75) is 32.3 Å². The fraction of sp³-hybridized carbons (Fsp3) is 0.467. The maximum atomic E-state index is 12.5. The number of ether oxygens (including phenoxy) is 1. The van der Waals surface area contributed by atoms with E-state index in [2.05, 4.69) is 0 Å². The second-order valence-corrected chi connectivity index (χ2v) is 5.44. The quantitative estimate of drug-likeness (QED) is 0.828. The average Bonchev–Trinajstić information content (AvgIpc) is 2.36. The fourth-order valence-corrected chi connectivity index (χ4v) is 2.66. The van der Waals surface area contributed by atoms with Crippen molar-refractivity contribution in [3.63, 3.8) is 0 Å². The summed E-state index contributed by atoms with van der Waals surface area (Å²) in [5, 5.41) is 10.1. The van der Waals surface area contributed by atoms with Crippen LogP contribution in [0.5, 0.6) is 0 Å². The van der Waals surface area contributed by atoms with Gasteiger partial charge in [-0.1, -0.05) is 12.1 Å². The van der Waals surface area contributed by atoms with Crippen molar-refractivity contribution in [3.05, 3.63) is 34.9 Å². The molecule has 0 radical (unpaired) electrons. The van der Waals surface area contributed by atoms with Gasteiger partial charge in [-0.2, -0.15) is 0 Å². The average molecular weight is 262 g/mol. The van der Waals surface area contributed by atoms with Crippen molar-refractivity contribution in [1.82, 2.24) is 0 Å². The van der Waals surface area contributed by atoms with Gasteiger partial charge in [0.05, 0.1) is 24.2 Å². The lowest BCUT2D eigenvalue weighted by Crippen LogP contribution is -2.40. The summed E-state index contributed by atoms with van der Waals surface area (Å²) < 4.78 is 4.72. The smallest absolute Gasteiger partial charge is 0.338 e. The second kappa shape index (κ2) is 4.78. The molecule has 0 aromatic heterocycles. The van der Waals surface area contributed by atoms with E-state index >= 15 is 0 Å². The van der Waals surface area contributed by atoms with E-state index in [1.165, 1.54) is 7.11 Å². The number of carbonyl (C=O) groups excluding carboxylic acids is 2. The first-order valence-corrected chi connectivity index (χ1v) is 6.33. The van der Waals surface area contributed by atoms with Crippen molar-refractivity contribution >= 4 is 11.8 Å². The Morgan fingerprint density at radius 1 is 1.42 bits per heavy atom. The third-order valence-electron chi connectivity index (χ3n) is 3.67. The van der Waals surface area contributed by atoms with Crippen LogP contribution in [0.15, 0.2) is 18.2 Å². The molecule has 0 amide bonds. The number of aliphatic hydroxyl groups is 1. The van der Waals surface area contributed by atoms with Gasteiger partial charge in [-0.25, -0.2) is 4.79 Å². The van der Waals surface area contributed by atoms with Crippen molar-refractivity contribution in [3.8, 4) is 0 Å². The molecule has 19 heavy (non-hydrogen) atoms. The van der Waals surface area contributed by atoms with Crippen LogP contribution in [0.4, 0.5) is 0 Å². The highest BCUT2D eigenvalue weighted by Gasteiger charge is 2.39. The van der Waals surface area contributed by atoms with Gasteiger partial charge in [0, 0.05) is 5.56 Å². The van der Waals surface area contributed by atoms with Crippen molar-refractivity contribution in [2.24, 2.45) is 5.92 Å². The first kappa shape index (κ1) is 13.7.